The van der Waals surface area contributed by atoms with E-state index in [1.54, 1.807) is 7.11 Å². The minimum absolute atomic E-state index is 0.0783. The van der Waals surface area contributed by atoms with Crippen LogP contribution in [-0.2, 0) is 4.74 Å². The summed E-state index contributed by atoms with van der Waals surface area (Å²) in [6, 6.07) is 7.98. The van der Waals surface area contributed by atoms with Crippen LogP contribution >= 0.6 is 0 Å². The van der Waals surface area contributed by atoms with Gasteiger partial charge in [-0.25, -0.2) is 0 Å². The van der Waals surface area contributed by atoms with E-state index in [2.05, 4.69) is 6.07 Å². The predicted molar refractivity (Wildman–Crippen MR) is 72.7 cm³/mol. The fourth-order valence-corrected chi connectivity index (χ4v) is 2.88. The highest BCUT2D eigenvalue weighted by molar-refractivity contribution is 5.32. The molecule has 0 saturated heterocycles. The minimum Gasteiger partial charge on any atom is -0.494 e. The maximum absolute atomic E-state index is 6.43. The van der Waals surface area contributed by atoms with Crippen molar-refractivity contribution in [1.29, 1.82) is 0 Å². The molecule has 0 heterocycles. The second-order valence-electron chi connectivity index (χ2n) is 4.96. The minimum atomic E-state index is -0.190. The Morgan fingerprint density at radius 1 is 1.33 bits per heavy atom. The van der Waals surface area contributed by atoms with Crippen LogP contribution in [0.15, 0.2) is 24.3 Å². The number of nitrogens with two attached hydrogens (primary N) is 1. The molecule has 2 N–H and O–H groups in total. The second kappa shape index (κ2) is 5.72. The normalized spacial score (nSPS) is 19.7. The van der Waals surface area contributed by atoms with E-state index in [0.717, 1.165) is 24.2 Å². The van der Waals surface area contributed by atoms with Crippen molar-refractivity contribution in [3.8, 4) is 5.75 Å². The topological polar surface area (TPSA) is 44.5 Å². The number of hydrogen-bond donors (Lipinski definition) is 1. The summed E-state index contributed by atoms with van der Waals surface area (Å²) >= 11 is 0. The molecule has 1 atom stereocenters. The highest BCUT2D eigenvalue weighted by Crippen LogP contribution is 2.41. The van der Waals surface area contributed by atoms with Gasteiger partial charge in [-0.3, -0.25) is 0 Å². The average Bonchev–Trinajstić information content (AvgIpc) is 2.88. The summed E-state index contributed by atoms with van der Waals surface area (Å²) in [6.45, 7) is 2.66. The third kappa shape index (κ3) is 2.52. The smallest absolute Gasteiger partial charge is 0.119 e. The lowest BCUT2D eigenvalue weighted by Crippen LogP contribution is -2.40. The molecule has 3 nitrogen and oxygen atoms in total. The second-order valence-corrected chi connectivity index (χ2v) is 4.96. The SMILES string of the molecule is CCOc1cccc(C(N)C2(OC)CCCC2)c1. The van der Waals surface area contributed by atoms with Crippen LogP contribution in [0.5, 0.6) is 5.75 Å². The molecule has 0 amide bonds. The monoisotopic (exact) mass is 249 g/mol. The number of benzene rings is 1. The molecule has 0 bridgehead atoms. The van der Waals surface area contributed by atoms with Gasteiger partial charge in [-0.05, 0) is 37.5 Å². The van der Waals surface area contributed by atoms with Gasteiger partial charge in [-0.1, -0.05) is 25.0 Å². The van der Waals surface area contributed by atoms with Crippen LogP contribution < -0.4 is 10.5 Å². The third-order valence-electron chi connectivity index (χ3n) is 3.95. The zero-order valence-corrected chi connectivity index (χ0v) is 11.3. The molecular formula is C15H23NO2. The first-order valence-electron chi connectivity index (χ1n) is 6.75. The summed E-state index contributed by atoms with van der Waals surface area (Å²) in [4.78, 5) is 0. The van der Waals surface area contributed by atoms with E-state index < -0.39 is 0 Å². The van der Waals surface area contributed by atoms with Gasteiger partial charge in [0.05, 0.1) is 18.2 Å². The van der Waals surface area contributed by atoms with Crippen molar-refractivity contribution in [2.24, 2.45) is 5.73 Å². The molecule has 3 heteroatoms. The van der Waals surface area contributed by atoms with E-state index in [1.165, 1.54) is 12.8 Å². The van der Waals surface area contributed by atoms with Crippen molar-refractivity contribution in [2.45, 2.75) is 44.2 Å². The van der Waals surface area contributed by atoms with Crippen LogP contribution in [0.2, 0.25) is 0 Å². The molecule has 1 unspecified atom stereocenters. The lowest BCUT2D eigenvalue weighted by Gasteiger charge is -2.34. The lowest BCUT2D eigenvalue weighted by atomic mass is 9.87. The molecule has 1 saturated carbocycles. The lowest BCUT2D eigenvalue weighted by molar-refractivity contribution is -0.0264. The van der Waals surface area contributed by atoms with E-state index in [4.69, 9.17) is 15.2 Å². The Balaban J connectivity index is 2.21. The Kier molecular flexibility index (Phi) is 4.25. The number of methoxy groups -OCH3 is 1. The molecule has 0 aromatic heterocycles. The number of rotatable bonds is 5. The predicted octanol–water partition coefficient (Wildman–Crippen LogP) is 3.04. The standard InChI is InChI=1S/C15H23NO2/c1-3-18-13-8-6-7-12(11-13)14(16)15(17-2)9-4-5-10-15/h6-8,11,14H,3-5,9-10,16H2,1-2H3. The zero-order chi connectivity index (χ0) is 13.0. The zero-order valence-electron chi connectivity index (χ0n) is 11.3. The summed E-state index contributed by atoms with van der Waals surface area (Å²) in [6.07, 6.45) is 4.49. The first kappa shape index (κ1) is 13.4. The molecule has 1 fully saturated rings. The van der Waals surface area contributed by atoms with Gasteiger partial charge in [-0.2, -0.15) is 0 Å². The van der Waals surface area contributed by atoms with E-state index in [0.29, 0.717) is 6.61 Å². The summed E-state index contributed by atoms with van der Waals surface area (Å²) in [5.41, 5.74) is 7.34. The summed E-state index contributed by atoms with van der Waals surface area (Å²) in [7, 11) is 1.78. The van der Waals surface area contributed by atoms with E-state index >= 15 is 0 Å². The van der Waals surface area contributed by atoms with Gasteiger partial charge in [0.1, 0.15) is 5.75 Å². The van der Waals surface area contributed by atoms with Crippen molar-refractivity contribution in [1.82, 2.24) is 0 Å². The molecular weight excluding hydrogens is 226 g/mol. The average molecular weight is 249 g/mol. The van der Waals surface area contributed by atoms with Crippen LogP contribution in [-0.4, -0.2) is 19.3 Å². The summed E-state index contributed by atoms with van der Waals surface area (Å²) < 4.78 is 11.3. The Morgan fingerprint density at radius 2 is 2.06 bits per heavy atom. The van der Waals surface area contributed by atoms with Gasteiger partial charge in [0.2, 0.25) is 0 Å². The first-order chi connectivity index (χ1) is 8.72. The van der Waals surface area contributed by atoms with Crippen LogP contribution in [0.4, 0.5) is 0 Å². The fraction of sp³-hybridized carbons (Fsp3) is 0.600. The van der Waals surface area contributed by atoms with Crippen molar-refractivity contribution >= 4 is 0 Å². The maximum atomic E-state index is 6.43. The molecule has 18 heavy (non-hydrogen) atoms. The number of ether oxygens (including phenoxy) is 2. The van der Waals surface area contributed by atoms with Crippen molar-refractivity contribution in [2.75, 3.05) is 13.7 Å². The summed E-state index contributed by atoms with van der Waals surface area (Å²) in [5.74, 6) is 0.884. The molecule has 1 aliphatic rings. The summed E-state index contributed by atoms with van der Waals surface area (Å²) in [5, 5.41) is 0. The molecule has 100 valence electrons. The van der Waals surface area contributed by atoms with Gasteiger partial charge in [0, 0.05) is 7.11 Å². The molecule has 2 rings (SSSR count). The van der Waals surface area contributed by atoms with E-state index in [9.17, 15) is 0 Å². The highest BCUT2D eigenvalue weighted by Gasteiger charge is 2.40. The molecule has 0 radical (unpaired) electrons. The van der Waals surface area contributed by atoms with Crippen LogP contribution in [0, 0.1) is 0 Å². The Labute approximate surface area is 109 Å². The van der Waals surface area contributed by atoms with Gasteiger partial charge in [-0.15, -0.1) is 0 Å². The molecule has 1 aromatic carbocycles. The Hall–Kier alpha value is -1.06. The van der Waals surface area contributed by atoms with E-state index in [1.807, 2.05) is 25.1 Å². The molecule has 0 aliphatic heterocycles. The Bertz CT molecular complexity index is 386. The number of hydrogen-bond acceptors (Lipinski definition) is 3. The largest absolute Gasteiger partial charge is 0.494 e. The van der Waals surface area contributed by atoms with Crippen LogP contribution in [0.3, 0.4) is 0 Å². The van der Waals surface area contributed by atoms with Crippen molar-refractivity contribution in [3.05, 3.63) is 29.8 Å². The van der Waals surface area contributed by atoms with Crippen LogP contribution in [0.1, 0.15) is 44.2 Å². The van der Waals surface area contributed by atoms with Crippen LogP contribution in [0.25, 0.3) is 0 Å². The first-order valence-corrected chi connectivity index (χ1v) is 6.75. The highest BCUT2D eigenvalue weighted by atomic mass is 16.5. The van der Waals surface area contributed by atoms with E-state index in [-0.39, 0.29) is 11.6 Å². The molecule has 1 aliphatic carbocycles. The molecule has 0 spiro atoms. The maximum Gasteiger partial charge on any atom is 0.119 e. The van der Waals surface area contributed by atoms with Gasteiger partial charge in [0.25, 0.3) is 0 Å². The van der Waals surface area contributed by atoms with Gasteiger partial charge < -0.3 is 15.2 Å². The third-order valence-corrected chi connectivity index (χ3v) is 3.95. The Morgan fingerprint density at radius 3 is 2.67 bits per heavy atom. The fourth-order valence-electron chi connectivity index (χ4n) is 2.88. The molecule has 1 aromatic rings. The van der Waals surface area contributed by atoms with Gasteiger partial charge >= 0.3 is 0 Å². The van der Waals surface area contributed by atoms with Crippen molar-refractivity contribution in [3.63, 3.8) is 0 Å². The quantitative estimate of drug-likeness (QED) is 0.872. The van der Waals surface area contributed by atoms with Crippen molar-refractivity contribution < 1.29 is 9.47 Å². The van der Waals surface area contributed by atoms with Gasteiger partial charge in [0.15, 0.2) is 0 Å².